The molecule has 8 heteroatoms. The zero-order valence-corrected chi connectivity index (χ0v) is 17.8. The quantitative estimate of drug-likeness (QED) is 0.655. The van der Waals surface area contributed by atoms with Crippen LogP contribution < -0.4 is 16.4 Å². The molecule has 2 aliphatic heterocycles. The fourth-order valence-electron chi connectivity index (χ4n) is 4.10. The highest BCUT2D eigenvalue weighted by Gasteiger charge is 2.26. The van der Waals surface area contributed by atoms with Crippen LogP contribution in [0.3, 0.4) is 0 Å². The number of benzene rings is 1. The van der Waals surface area contributed by atoms with E-state index in [-0.39, 0.29) is 18.0 Å². The average Bonchev–Trinajstić information content (AvgIpc) is 3.28. The summed E-state index contributed by atoms with van der Waals surface area (Å²) in [5.41, 5.74) is 8.95. The third-order valence-electron chi connectivity index (χ3n) is 6.00. The van der Waals surface area contributed by atoms with Gasteiger partial charge in [0, 0.05) is 25.4 Å². The van der Waals surface area contributed by atoms with Crippen LogP contribution in [0.25, 0.3) is 0 Å². The number of nitrogen functional groups attached to an aromatic ring is 1. The molecular weight excluding hydrogens is 394 g/mol. The van der Waals surface area contributed by atoms with Crippen molar-refractivity contribution >= 4 is 23.4 Å². The van der Waals surface area contributed by atoms with Gasteiger partial charge in [0.1, 0.15) is 11.5 Å². The van der Waals surface area contributed by atoms with Gasteiger partial charge in [0.25, 0.3) is 5.91 Å². The molecule has 1 unspecified atom stereocenters. The van der Waals surface area contributed by atoms with Crippen molar-refractivity contribution in [2.45, 2.75) is 38.1 Å². The van der Waals surface area contributed by atoms with Gasteiger partial charge in [-0.3, -0.25) is 10.1 Å². The highest BCUT2D eigenvalue weighted by molar-refractivity contribution is 5.94. The molecule has 0 spiro atoms. The number of nitrogens with two attached hydrogens (primary N) is 1. The zero-order chi connectivity index (χ0) is 21.8. The van der Waals surface area contributed by atoms with Gasteiger partial charge >= 0.3 is 6.03 Å². The molecule has 31 heavy (non-hydrogen) atoms. The van der Waals surface area contributed by atoms with Crippen LogP contribution in [0.2, 0.25) is 0 Å². The number of anilines is 2. The topological polar surface area (TPSA) is 110 Å². The number of aromatic nitrogens is 1. The Morgan fingerprint density at radius 2 is 1.84 bits per heavy atom. The summed E-state index contributed by atoms with van der Waals surface area (Å²) in [5.74, 6) is 0.721. The Hall–Kier alpha value is -3.13. The van der Waals surface area contributed by atoms with Gasteiger partial charge in [0.2, 0.25) is 0 Å². The van der Waals surface area contributed by atoms with Crippen molar-refractivity contribution in [1.82, 2.24) is 15.2 Å². The first-order valence-electron chi connectivity index (χ1n) is 10.8. The summed E-state index contributed by atoms with van der Waals surface area (Å²) in [7, 11) is 0. The smallest absolute Gasteiger partial charge is 0.320 e. The predicted octanol–water partition coefficient (Wildman–Crippen LogP) is 2.90. The number of urea groups is 1. The molecule has 0 saturated carbocycles. The first-order chi connectivity index (χ1) is 15.0. The summed E-state index contributed by atoms with van der Waals surface area (Å²) in [4.78, 5) is 31.6. The van der Waals surface area contributed by atoms with E-state index in [2.05, 4.69) is 27.8 Å². The van der Waals surface area contributed by atoms with Crippen molar-refractivity contribution in [3.63, 3.8) is 0 Å². The number of likely N-dealkylation sites (tertiary alicyclic amines) is 1. The molecule has 8 nitrogen and oxygen atoms in total. The summed E-state index contributed by atoms with van der Waals surface area (Å²) in [6.45, 7) is 4.38. The Balaban J connectivity index is 1.36. The number of piperidine rings is 1. The Kier molecular flexibility index (Phi) is 6.36. The Bertz CT molecular complexity index is 933. The van der Waals surface area contributed by atoms with Crippen LogP contribution >= 0.6 is 0 Å². The molecular formula is C23H29N5O3. The highest BCUT2D eigenvalue weighted by atomic mass is 16.5. The number of hydrogen-bond donors (Lipinski definition) is 3. The van der Waals surface area contributed by atoms with Gasteiger partial charge in [-0.15, -0.1) is 0 Å². The van der Waals surface area contributed by atoms with E-state index in [1.54, 1.807) is 6.07 Å². The summed E-state index contributed by atoms with van der Waals surface area (Å²) in [5, 5.41) is 5.64. The Morgan fingerprint density at radius 1 is 1.10 bits per heavy atom. The minimum absolute atomic E-state index is 0.00692. The third-order valence-corrected chi connectivity index (χ3v) is 6.00. The Morgan fingerprint density at radius 3 is 2.52 bits per heavy atom. The maximum atomic E-state index is 13.0. The second-order valence-corrected chi connectivity index (χ2v) is 8.25. The molecule has 1 aromatic carbocycles. The largest absolute Gasteiger partial charge is 0.399 e. The molecule has 1 aromatic heterocycles. The maximum absolute atomic E-state index is 13.0. The molecule has 4 rings (SSSR count). The number of aryl methyl sites for hydroxylation is 1. The predicted molar refractivity (Wildman–Crippen MR) is 119 cm³/mol. The molecule has 3 heterocycles. The number of carbonyl (C=O) groups excluding carboxylic acids is 2. The standard InChI is InChI=1S/C23H29N5O3/c1-15-2-7-20(26-21(15)27-23(30)25-19-10-13-31-14-19)22(29)28-11-8-17(9-12-28)16-3-5-18(24)6-4-16/h2-7,17,19H,8-14,24H2,1H3,(H2,25,26,27,30). The van der Waals surface area contributed by atoms with Gasteiger partial charge in [-0.05, 0) is 61.4 Å². The molecule has 0 aliphatic carbocycles. The fraction of sp³-hybridized carbons (Fsp3) is 0.435. The van der Waals surface area contributed by atoms with Gasteiger partial charge in [0.15, 0.2) is 0 Å². The lowest BCUT2D eigenvalue weighted by atomic mass is 9.89. The van der Waals surface area contributed by atoms with Crippen molar-refractivity contribution in [1.29, 1.82) is 0 Å². The molecule has 2 saturated heterocycles. The van der Waals surface area contributed by atoms with E-state index in [0.717, 1.165) is 30.5 Å². The number of pyridine rings is 1. The van der Waals surface area contributed by atoms with E-state index in [0.29, 0.717) is 43.7 Å². The fourth-order valence-corrected chi connectivity index (χ4v) is 4.10. The Labute approximate surface area is 182 Å². The van der Waals surface area contributed by atoms with E-state index in [1.807, 2.05) is 30.0 Å². The van der Waals surface area contributed by atoms with Crippen molar-refractivity contribution in [3.8, 4) is 0 Å². The molecule has 164 valence electrons. The van der Waals surface area contributed by atoms with E-state index < -0.39 is 0 Å². The van der Waals surface area contributed by atoms with Crippen LogP contribution in [0.4, 0.5) is 16.3 Å². The molecule has 4 N–H and O–H groups in total. The summed E-state index contributed by atoms with van der Waals surface area (Å²) >= 11 is 0. The van der Waals surface area contributed by atoms with Gasteiger partial charge in [-0.1, -0.05) is 18.2 Å². The lowest BCUT2D eigenvalue weighted by molar-refractivity contribution is 0.0707. The van der Waals surface area contributed by atoms with Gasteiger partial charge in [-0.25, -0.2) is 9.78 Å². The summed E-state index contributed by atoms with van der Waals surface area (Å²) in [6.07, 6.45) is 2.60. The lowest BCUT2D eigenvalue weighted by Crippen LogP contribution is -2.39. The number of amides is 3. The van der Waals surface area contributed by atoms with Crippen LogP contribution in [-0.2, 0) is 4.74 Å². The number of carbonyl (C=O) groups is 2. The molecule has 2 fully saturated rings. The van der Waals surface area contributed by atoms with Crippen molar-refractivity contribution < 1.29 is 14.3 Å². The van der Waals surface area contributed by atoms with Crippen molar-refractivity contribution in [2.75, 3.05) is 37.4 Å². The van der Waals surface area contributed by atoms with Crippen LogP contribution in [0.5, 0.6) is 0 Å². The molecule has 2 aromatic rings. The second kappa shape index (κ2) is 9.34. The van der Waals surface area contributed by atoms with E-state index >= 15 is 0 Å². The summed E-state index contributed by atoms with van der Waals surface area (Å²) < 4.78 is 5.28. The van der Waals surface area contributed by atoms with E-state index in [1.165, 1.54) is 5.56 Å². The number of ether oxygens (including phenoxy) is 1. The first-order valence-corrected chi connectivity index (χ1v) is 10.8. The minimum atomic E-state index is -0.333. The van der Waals surface area contributed by atoms with Gasteiger partial charge in [-0.2, -0.15) is 0 Å². The molecule has 2 aliphatic rings. The summed E-state index contributed by atoms with van der Waals surface area (Å²) in [6, 6.07) is 11.2. The first kappa shape index (κ1) is 21.1. The van der Waals surface area contributed by atoms with E-state index in [9.17, 15) is 9.59 Å². The SMILES string of the molecule is Cc1ccc(C(=O)N2CCC(c3ccc(N)cc3)CC2)nc1NC(=O)NC1CCOC1. The highest BCUT2D eigenvalue weighted by Crippen LogP contribution is 2.29. The van der Waals surface area contributed by atoms with Crippen LogP contribution in [0.15, 0.2) is 36.4 Å². The molecule has 1 atom stereocenters. The maximum Gasteiger partial charge on any atom is 0.320 e. The normalized spacial score (nSPS) is 19.3. The number of rotatable bonds is 4. The number of nitrogens with zero attached hydrogens (tertiary/aromatic N) is 2. The van der Waals surface area contributed by atoms with Gasteiger partial charge in [0.05, 0.1) is 12.6 Å². The van der Waals surface area contributed by atoms with Gasteiger partial charge < -0.3 is 20.7 Å². The minimum Gasteiger partial charge on any atom is -0.399 e. The van der Waals surface area contributed by atoms with E-state index in [4.69, 9.17) is 10.5 Å². The van der Waals surface area contributed by atoms with Crippen LogP contribution in [-0.4, -0.2) is 54.2 Å². The second-order valence-electron chi connectivity index (χ2n) is 8.25. The third kappa shape index (κ3) is 5.14. The van der Waals surface area contributed by atoms with Crippen LogP contribution in [0.1, 0.15) is 46.8 Å². The average molecular weight is 424 g/mol. The van der Waals surface area contributed by atoms with Crippen molar-refractivity contribution in [3.05, 3.63) is 53.2 Å². The number of nitrogens with one attached hydrogen (secondary N) is 2. The monoisotopic (exact) mass is 423 g/mol. The molecule has 0 radical (unpaired) electrons. The molecule has 0 bridgehead atoms. The molecule has 3 amide bonds. The zero-order valence-electron chi connectivity index (χ0n) is 17.8. The van der Waals surface area contributed by atoms with Crippen molar-refractivity contribution in [2.24, 2.45) is 0 Å². The lowest BCUT2D eigenvalue weighted by Gasteiger charge is -2.32. The van der Waals surface area contributed by atoms with Crippen LogP contribution in [0, 0.1) is 6.92 Å². The number of hydrogen-bond acceptors (Lipinski definition) is 5.